The number of aliphatic carboxylic acids is 1. The Bertz CT molecular complexity index is 505. The Morgan fingerprint density at radius 2 is 1.90 bits per heavy atom. The molecular weight excluding hydrogens is 268 g/mol. The first kappa shape index (κ1) is 15.7. The van der Waals surface area contributed by atoms with Gasteiger partial charge in [0.25, 0.3) is 0 Å². The van der Waals surface area contributed by atoms with Gasteiger partial charge in [0.05, 0.1) is 12.6 Å². The van der Waals surface area contributed by atoms with Gasteiger partial charge in [0, 0.05) is 0 Å². The van der Waals surface area contributed by atoms with Crippen molar-refractivity contribution in [3.05, 3.63) is 23.8 Å². The van der Waals surface area contributed by atoms with Crippen molar-refractivity contribution < 1.29 is 30.0 Å². The van der Waals surface area contributed by atoms with Crippen LogP contribution in [0.3, 0.4) is 0 Å². The molecule has 0 aliphatic carbocycles. The smallest absolute Gasteiger partial charge is 0.328 e. The van der Waals surface area contributed by atoms with Crippen LogP contribution >= 0.6 is 0 Å². The normalized spacial score (nSPS) is 13.5. The molecule has 20 heavy (non-hydrogen) atoms. The molecule has 1 aromatic carbocycles. The van der Waals surface area contributed by atoms with E-state index in [0.717, 1.165) is 0 Å². The summed E-state index contributed by atoms with van der Waals surface area (Å²) in [4.78, 5) is 22.3. The molecular formula is C12H16N2O6. The van der Waals surface area contributed by atoms with Crippen LogP contribution in [0.25, 0.3) is 0 Å². The third-order valence-electron chi connectivity index (χ3n) is 2.63. The van der Waals surface area contributed by atoms with Crippen molar-refractivity contribution in [2.24, 2.45) is 5.73 Å². The summed E-state index contributed by atoms with van der Waals surface area (Å²) in [7, 11) is 0. The van der Waals surface area contributed by atoms with E-state index in [2.05, 4.69) is 5.32 Å². The number of hydrogen-bond acceptors (Lipinski definition) is 6. The maximum Gasteiger partial charge on any atom is 0.328 e. The number of aliphatic hydroxyl groups excluding tert-OH is 1. The van der Waals surface area contributed by atoms with Gasteiger partial charge in [-0.25, -0.2) is 4.79 Å². The minimum atomic E-state index is -1.42. The Kier molecular flexibility index (Phi) is 5.30. The van der Waals surface area contributed by atoms with Crippen LogP contribution in [0.15, 0.2) is 18.2 Å². The first-order valence-corrected chi connectivity index (χ1v) is 5.75. The summed E-state index contributed by atoms with van der Waals surface area (Å²) in [5.41, 5.74) is 6.11. The zero-order valence-electron chi connectivity index (χ0n) is 10.5. The van der Waals surface area contributed by atoms with Crippen molar-refractivity contribution in [3.8, 4) is 11.5 Å². The van der Waals surface area contributed by atoms with Crippen LogP contribution < -0.4 is 11.1 Å². The lowest BCUT2D eigenvalue weighted by Crippen LogP contribution is -2.50. The molecule has 7 N–H and O–H groups in total. The van der Waals surface area contributed by atoms with Gasteiger partial charge in [0.15, 0.2) is 11.5 Å². The SMILES string of the molecule is N[C@@H](Cc1ccc(O)c(O)c1)C(=O)NC(CO)C(=O)O. The number of nitrogens with two attached hydrogens (primary N) is 1. The van der Waals surface area contributed by atoms with Crippen molar-refractivity contribution in [1.82, 2.24) is 5.32 Å². The summed E-state index contributed by atoms with van der Waals surface area (Å²) >= 11 is 0. The van der Waals surface area contributed by atoms with Crippen LogP contribution in [0.4, 0.5) is 0 Å². The van der Waals surface area contributed by atoms with Crippen LogP contribution in [0.1, 0.15) is 5.56 Å². The second-order valence-corrected chi connectivity index (χ2v) is 4.22. The molecule has 0 aliphatic rings. The van der Waals surface area contributed by atoms with Crippen molar-refractivity contribution in [3.63, 3.8) is 0 Å². The van der Waals surface area contributed by atoms with Crippen molar-refractivity contribution in [2.45, 2.75) is 18.5 Å². The van der Waals surface area contributed by atoms with Crippen molar-refractivity contribution >= 4 is 11.9 Å². The Labute approximate surface area is 114 Å². The maximum atomic E-state index is 11.7. The lowest BCUT2D eigenvalue weighted by Gasteiger charge is -2.16. The molecule has 8 heteroatoms. The molecule has 0 saturated carbocycles. The van der Waals surface area contributed by atoms with E-state index in [0.29, 0.717) is 5.56 Å². The summed E-state index contributed by atoms with van der Waals surface area (Å²) in [5.74, 6) is -2.73. The van der Waals surface area contributed by atoms with Crippen molar-refractivity contribution in [1.29, 1.82) is 0 Å². The summed E-state index contributed by atoms with van der Waals surface area (Å²) < 4.78 is 0. The second kappa shape index (κ2) is 6.73. The molecule has 1 amide bonds. The van der Waals surface area contributed by atoms with Crippen molar-refractivity contribution in [2.75, 3.05) is 6.61 Å². The molecule has 1 aromatic rings. The summed E-state index contributed by atoms with van der Waals surface area (Å²) in [6.07, 6.45) is 0.0391. The molecule has 1 unspecified atom stereocenters. The Morgan fingerprint density at radius 3 is 2.40 bits per heavy atom. The highest BCUT2D eigenvalue weighted by Crippen LogP contribution is 2.25. The van der Waals surface area contributed by atoms with Gasteiger partial charge in [-0.1, -0.05) is 6.07 Å². The molecule has 0 aromatic heterocycles. The molecule has 0 aliphatic heterocycles. The van der Waals surface area contributed by atoms with Gasteiger partial charge in [-0.2, -0.15) is 0 Å². The highest BCUT2D eigenvalue weighted by Gasteiger charge is 2.22. The van der Waals surface area contributed by atoms with E-state index in [1.165, 1.54) is 18.2 Å². The van der Waals surface area contributed by atoms with Gasteiger partial charge in [0.1, 0.15) is 6.04 Å². The molecule has 1 rings (SSSR count). The average molecular weight is 284 g/mol. The van der Waals surface area contributed by atoms with Crippen LogP contribution in [0.2, 0.25) is 0 Å². The predicted molar refractivity (Wildman–Crippen MR) is 68.1 cm³/mol. The number of aromatic hydroxyl groups is 2. The van der Waals surface area contributed by atoms with Gasteiger partial charge in [-0.3, -0.25) is 4.79 Å². The lowest BCUT2D eigenvalue weighted by molar-refractivity contribution is -0.143. The zero-order valence-corrected chi connectivity index (χ0v) is 10.5. The molecule has 0 saturated heterocycles. The van der Waals surface area contributed by atoms with Crippen LogP contribution in [-0.4, -0.2) is 51.0 Å². The summed E-state index contributed by atoms with van der Waals surface area (Å²) in [5, 5.41) is 38.0. The number of phenolic OH excluding ortho intramolecular Hbond substituents is 2. The van der Waals surface area contributed by atoms with Gasteiger partial charge in [0.2, 0.25) is 5.91 Å². The fourth-order valence-electron chi connectivity index (χ4n) is 1.51. The number of hydrogen-bond donors (Lipinski definition) is 6. The number of aliphatic hydroxyl groups is 1. The van der Waals surface area contributed by atoms with Gasteiger partial charge < -0.3 is 31.5 Å². The fourth-order valence-corrected chi connectivity index (χ4v) is 1.51. The van der Waals surface area contributed by atoms with E-state index in [4.69, 9.17) is 21.1 Å². The molecule has 0 bridgehead atoms. The average Bonchev–Trinajstić information content (AvgIpc) is 2.39. The topological polar surface area (TPSA) is 153 Å². The number of rotatable bonds is 6. The predicted octanol–water partition coefficient (Wildman–Crippen LogP) is -1.47. The second-order valence-electron chi connectivity index (χ2n) is 4.22. The van der Waals surface area contributed by atoms with Gasteiger partial charge in [-0.15, -0.1) is 0 Å². The number of benzene rings is 1. The van der Waals surface area contributed by atoms with E-state index < -0.39 is 30.6 Å². The molecule has 2 atom stereocenters. The molecule has 8 nitrogen and oxygen atoms in total. The lowest BCUT2D eigenvalue weighted by atomic mass is 10.0. The van der Waals surface area contributed by atoms with E-state index >= 15 is 0 Å². The summed E-state index contributed by atoms with van der Waals surface area (Å²) in [6.45, 7) is -0.742. The highest BCUT2D eigenvalue weighted by molar-refractivity contribution is 5.87. The molecule has 0 spiro atoms. The Hall–Kier alpha value is -2.32. The molecule has 0 fully saturated rings. The molecule has 0 heterocycles. The fraction of sp³-hybridized carbons (Fsp3) is 0.333. The molecule has 110 valence electrons. The zero-order chi connectivity index (χ0) is 15.3. The van der Waals surface area contributed by atoms with Crippen LogP contribution in [0.5, 0.6) is 11.5 Å². The first-order chi connectivity index (χ1) is 9.35. The quantitative estimate of drug-likeness (QED) is 0.348. The van der Waals surface area contributed by atoms with Crippen LogP contribution in [-0.2, 0) is 16.0 Å². The van der Waals surface area contributed by atoms with E-state index in [1.54, 1.807) is 0 Å². The Balaban J connectivity index is 2.65. The van der Waals surface area contributed by atoms with Gasteiger partial charge >= 0.3 is 5.97 Å². The summed E-state index contributed by atoms with van der Waals surface area (Å²) in [6, 6.07) is 1.52. The largest absolute Gasteiger partial charge is 0.504 e. The number of carboxylic acid groups (broad SMARTS) is 1. The minimum Gasteiger partial charge on any atom is -0.504 e. The first-order valence-electron chi connectivity index (χ1n) is 5.75. The third kappa shape index (κ3) is 4.11. The number of phenols is 2. The maximum absolute atomic E-state index is 11.7. The minimum absolute atomic E-state index is 0.0391. The Morgan fingerprint density at radius 1 is 1.25 bits per heavy atom. The number of nitrogens with one attached hydrogen (secondary N) is 1. The number of amides is 1. The van der Waals surface area contributed by atoms with E-state index in [9.17, 15) is 14.7 Å². The standard InChI is InChI=1S/C12H16N2O6/c13-7(11(18)14-8(5-15)12(19)20)3-6-1-2-9(16)10(17)4-6/h1-2,4,7-8,15-17H,3,5,13H2,(H,14,18)(H,19,20)/t7-,8?/m0/s1. The number of carbonyl (C=O) groups excluding carboxylic acids is 1. The highest BCUT2D eigenvalue weighted by atomic mass is 16.4. The van der Waals surface area contributed by atoms with Gasteiger partial charge in [-0.05, 0) is 24.1 Å². The van der Waals surface area contributed by atoms with E-state index in [-0.39, 0.29) is 17.9 Å². The number of carbonyl (C=O) groups is 2. The monoisotopic (exact) mass is 284 g/mol. The number of carboxylic acids is 1. The molecule has 0 radical (unpaired) electrons. The van der Waals surface area contributed by atoms with E-state index in [1.807, 2.05) is 0 Å². The third-order valence-corrected chi connectivity index (χ3v) is 2.63. The van der Waals surface area contributed by atoms with Crippen LogP contribution in [0, 0.1) is 0 Å².